The number of ether oxygens (including phenoxy) is 1. The van der Waals surface area contributed by atoms with Crippen LogP contribution >= 0.6 is 12.2 Å². The Bertz CT molecular complexity index is 1030. The van der Waals surface area contributed by atoms with Gasteiger partial charge in [-0.1, -0.05) is 26.2 Å². The van der Waals surface area contributed by atoms with Gasteiger partial charge in [-0.05, 0) is 86.9 Å². The summed E-state index contributed by atoms with van der Waals surface area (Å²) in [5, 5.41) is 5.39. The number of benzene rings is 2. The quantitative estimate of drug-likeness (QED) is 0.336. The molecule has 8 nitrogen and oxygen atoms in total. The van der Waals surface area contributed by atoms with E-state index < -0.39 is 11.8 Å². The van der Waals surface area contributed by atoms with Crippen LogP contribution < -0.4 is 26.2 Å². The van der Waals surface area contributed by atoms with Crippen LogP contribution in [0.3, 0.4) is 0 Å². The van der Waals surface area contributed by atoms with Crippen LogP contribution in [0.15, 0.2) is 48.5 Å². The highest BCUT2D eigenvalue weighted by molar-refractivity contribution is 7.80. The van der Waals surface area contributed by atoms with E-state index in [-0.39, 0.29) is 23.0 Å². The van der Waals surface area contributed by atoms with Crippen molar-refractivity contribution in [3.63, 3.8) is 0 Å². The molecule has 1 atom stereocenters. The van der Waals surface area contributed by atoms with Gasteiger partial charge in [0.2, 0.25) is 5.91 Å². The standard InChI is InChI=1S/C26H32N4O4S/c1-3-17(2)34-22-15-11-19(12-16-22)24(32)28-26(35)30-29-25(33)20-9-13-21(14-10-20)27-23(31)18-7-5-4-6-8-18/h9-18H,3-8H2,1-2H3,(H,27,31)(H,29,33)(H2,28,30,32,35). The van der Waals surface area contributed by atoms with Gasteiger partial charge in [0.05, 0.1) is 6.10 Å². The highest BCUT2D eigenvalue weighted by Gasteiger charge is 2.21. The lowest BCUT2D eigenvalue weighted by Crippen LogP contribution is -2.48. The van der Waals surface area contributed by atoms with Crippen molar-refractivity contribution < 1.29 is 19.1 Å². The number of carbonyl (C=O) groups is 3. The van der Waals surface area contributed by atoms with Gasteiger partial charge in [-0.3, -0.25) is 30.6 Å². The lowest BCUT2D eigenvalue weighted by Gasteiger charge is -2.20. The summed E-state index contributed by atoms with van der Waals surface area (Å²) in [5.74, 6) is -0.0721. The van der Waals surface area contributed by atoms with Crippen molar-refractivity contribution in [2.45, 2.75) is 58.5 Å². The molecule has 1 aliphatic carbocycles. The smallest absolute Gasteiger partial charge is 0.269 e. The van der Waals surface area contributed by atoms with Gasteiger partial charge in [0.15, 0.2) is 5.11 Å². The molecule has 0 spiro atoms. The number of amides is 3. The number of hydrazine groups is 1. The molecular formula is C26H32N4O4S. The first kappa shape index (κ1) is 26.2. The zero-order valence-corrected chi connectivity index (χ0v) is 20.9. The lowest BCUT2D eigenvalue weighted by molar-refractivity contribution is -0.120. The molecule has 2 aromatic carbocycles. The molecule has 0 radical (unpaired) electrons. The fourth-order valence-electron chi connectivity index (χ4n) is 3.71. The van der Waals surface area contributed by atoms with Crippen molar-refractivity contribution in [2.75, 3.05) is 5.32 Å². The third-order valence-corrected chi connectivity index (χ3v) is 6.14. The maximum absolute atomic E-state index is 12.4. The number of carbonyl (C=O) groups excluding carboxylic acids is 3. The van der Waals surface area contributed by atoms with Crippen molar-refractivity contribution >= 4 is 40.7 Å². The minimum Gasteiger partial charge on any atom is -0.491 e. The summed E-state index contributed by atoms with van der Waals surface area (Å²) in [6, 6.07) is 13.3. The van der Waals surface area contributed by atoms with Gasteiger partial charge in [0, 0.05) is 22.7 Å². The highest BCUT2D eigenvalue weighted by atomic mass is 32.1. The number of hydrogen-bond acceptors (Lipinski definition) is 5. The fraction of sp³-hybridized carbons (Fsp3) is 0.385. The molecule has 1 saturated carbocycles. The van der Waals surface area contributed by atoms with Crippen LogP contribution in [-0.2, 0) is 4.79 Å². The molecule has 1 unspecified atom stereocenters. The van der Waals surface area contributed by atoms with Gasteiger partial charge in [-0.2, -0.15) is 0 Å². The zero-order valence-electron chi connectivity index (χ0n) is 20.1. The Labute approximate surface area is 211 Å². The Balaban J connectivity index is 1.43. The second-order valence-electron chi connectivity index (χ2n) is 8.63. The molecule has 9 heteroatoms. The molecule has 1 aliphatic rings. The van der Waals surface area contributed by atoms with Gasteiger partial charge >= 0.3 is 0 Å². The maximum atomic E-state index is 12.4. The van der Waals surface area contributed by atoms with E-state index in [0.717, 1.165) is 32.1 Å². The molecule has 0 saturated heterocycles. The van der Waals surface area contributed by atoms with Gasteiger partial charge in [-0.15, -0.1) is 0 Å². The second kappa shape index (κ2) is 12.9. The summed E-state index contributed by atoms with van der Waals surface area (Å²) in [4.78, 5) is 37.1. The third kappa shape index (κ3) is 8.06. The van der Waals surface area contributed by atoms with Crippen molar-refractivity contribution in [2.24, 2.45) is 5.92 Å². The molecular weight excluding hydrogens is 464 g/mol. The van der Waals surface area contributed by atoms with Crippen LogP contribution in [0.4, 0.5) is 5.69 Å². The SMILES string of the molecule is CCC(C)Oc1ccc(C(=O)NC(=S)NNC(=O)c2ccc(NC(=O)C3CCCCC3)cc2)cc1. The summed E-state index contributed by atoms with van der Waals surface area (Å²) in [7, 11) is 0. The summed E-state index contributed by atoms with van der Waals surface area (Å²) < 4.78 is 5.70. The highest BCUT2D eigenvalue weighted by Crippen LogP contribution is 2.25. The normalized spacial score (nSPS) is 14.3. The minimum absolute atomic E-state index is 0.0299. The molecule has 0 aromatic heterocycles. The van der Waals surface area contributed by atoms with Crippen LogP contribution in [0.5, 0.6) is 5.75 Å². The largest absolute Gasteiger partial charge is 0.491 e. The molecule has 186 valence electrons. The van der Waals surface area contributed by atoms with Gasteiger partial charge in [-0.25, -0.2) is 0 Å². The Morgan fingerprint density at radius 3 is 2.14 bits per heavy atom. The Morgan fingerprint density at radius 1 is 0.914 bits per heavy atom. The second-order valence-corrected chi connectivity index (χ2v) is 9.03. The van der Waals surface area contributed by atoms with Crippen LogP contribution in [0, 0.1) is 5.92 Å². The number of thiocarbonyl (C=S) groups is 1. The van der Waals surface area contributed by atoms with Crippen LogP contribution in [0.25, 0.3) is 0 Å². The molecule has 3 amide bonds. The summed E-state index contributed by atoms with van der Waals surface area (Å²) in [5.41, 5.74) is 6.40. The number of rotatable bonds is 7. The average Bonchev–Trinajstić information content (AvgIpc) is 2.88. The van der Waals surface area contributed by atoms with E-state index in [1.807, 2.05) is 13.8 Å². The van der Waals surface area contributed by atoms with Crippen molar-refractivity contribution in [3.8, 4) is 5.75 Å². The van der Waals surface area contributed by atoms with Gasteiger partial charge < -0.3 is 10.1 Å². The predicted octanol–water partition coefficient (Wildman–Crippen LogP) is 4.33. The zero-order chi connectivity index (χ0) is 25.2. The van der Waals surface area contributed by atoms with E-state index in [4.69, 9.17) is 17.0 Å². The first-order valence-electron chi connectivity index (χ1n) is 11.9. The lowest BCUT2D eigenvalue weighted by atomic mass is 9.88. The molecule has 0 bridgehead atoms. The van der Waals surface area contributed by atoms with Crippen LogP contribution in [0.2, 0.25) is 0 Å². The molecule has 4 N–H and O–H groups in total. The van der Waals surface area contributed by atoms with Crippen LogP contribution in [-0.4, -0.2) is 28.9 Å². The number of hydrogen-bond donors (Lipinski definition) is 4. The monoisotopic (exact) mass is 496 g/mol. The van der Waals surface area contributed by atoms with Gasteiger partial charge in [0.25, 0.3) is 11.8 Å². The Morgan fingerprint density at radius 2 is 1.51 bits per heavy atom. The van der Waals surface area contributed by atoms with E-state index in [2.05, 4.69) is 21.5 Å². The van der Waals surface area contributed by atoms with E-state index in [1.54, 1.807) is 48.5 Å². The molecule has 1 fully saturated rings. The van der Waals surface area contributed by atoms with E-state index >= 15 is 0 Å². The molecule has 0 aliphatic heterocycles. The van der Waals surface area contributed by atoms with Gasteiger partial charge in [0.1, 0.15) is 5.75 Å². The van der Waals surface area contributed by atoms with E-state index in [0.29, 0.717) is 22.6 Å². The average molecular weight is 497 g/mol. The number of nitrogens with one attached hydrogen (secondary N) is 4. The van der Waals surface area contributed by atoms with Crippen molar-refractivity contribution in [3.05, 3.63) is 59.7 Å². The first-order valence-corrected chi connectivity index (χ1v) is 12.4. The molecule has 0 heterocycles. The first-order chi connectivity index (χ1) is 16.9. The minimum atomic E-state index is -0.432. The third-order valence-electron chi connectivity index (χ3n) is 5.94. The van der Waals surface area contributed by atoms with Crippen molar-refractivity contribution in [1.29, 1.82) is 0 Å². The predicted molar refractivity (Wildman–Crippen MR) is 139 cm³/mol. The van der Waals surface area contributed by atoms with E-state index in [1.165, 1.54) is 6.42 Å². The Kier molecular flexibility index (Phi) is 9.60. The maximum Gasteiger partial charge on any atom is 0.269 e. The molecule has 2 aromatic rings. The topological polar surface area (TPSA) is 109 Å². The number of anilines is 1. The Hall–Kier alpha value is -3.46. The molecule has 35 heavy (non-hydrogen) atoms. The van der Waals surface area contributed by atoms with Crippen LogP contribution in [0.1, 0.15) is 73.1 Å². The summed E-state index contributed by atoms with van der Waals surface area (Å²) >= 11 is 5.10. The van der Waals surface area contributed by atoms with E-state index in [9.17, 15) is 14.4 Å². The summed E-state index contributed by atoms with van der Waals surface area (Å²) in [6.07, 6.45) is 6.19. The van der Waals surface area contributed by atoms with Crippen molar-refractivity contribution in [1.82, 2.24) is 16.2 Å². The summed E-state index contributed by atoms with van der Waals surface area (Å²) in [6.45, 7) is 4.01. The molecule has 3 rings (SSSR count). The fourth-order valence-corrected chi connectivity index (χ4v) is 3.85.